The maximum atomic E-state index is 13.1. The molecule has 23 heavy (non-hydrogen) atoms. The summed E-state index contributed by atoms with van der Waals surface area (Å²) in [6.07, 6.45) is 0. The maximum Gasteiger partial charge on any atom is 0.238 e. The van der Waals surface area contributed by atoms with Crippen molar-refractivity contribution in [1.82, 2.24) is 0 Å². The molecule has 1 amide bonds. The summed E-state index contributed by atoms with van der Waals surface area (Å²) in [5.41, 5.74) is 3.21. The summed E-state index contributed by atoms with van der Waals surface area (Å²) in [6.45, 7) is 6.54. The Morgan fingerprint density at radius 1 is 1.04 bits per heavy atom. The van der Waals surface area contributed by atoms with E-state index in [0.717, 1.165) is 11.3 Å². The molecule has 0 saturated carbocycles. The van der Waals surface area contributed by atoms with Gasteiger partial charge in [-0.15, -0.1) is 11.8 Å². The summed E-state index contributed by atoms with van der Waals surface area (Å²) < 4.78 is 13.1. The minimum Gasteiger partial charge on any atom is -0.295 e. The molecule has 4 heteroatoms. The lowest BCUT2D eigenvalue weighted by atomic mass is 9.86. The number of nitrogens with zero attached hydrogens (tertiary/aromatic N) is 1. The van der Waals surface area contributed by atoms with Crippen LogP contribution in [-0.4, -0.2) is 11.7 Å². The van der Waals surface area contributed by atoms with Crippen LogP contribution in [-0.2, 0) is 10.2 Å². The fourth-order valence-corrected chi connectivity index (χ4v) is 3.88. The van der Waals surface area contributed by atoms with Gasteiger partial charge < -0.3 is 0 Å². The molecule has 0 bridgehead atoms. The van der Waals surface area contributed by atoms with Crippen LogP contribution in [0.2, 0.25) is 0 Å². The zero-order valence-electron chi connectivity index (χ0n) is 13.5. The van der Waals surface area contributed by atoms with Crippen molar-refractivity contribution in [2.75, 3.05) is 10.7 Å². The molecule has 120 valence electrons. The number of rotatable bonds is 2. The van der Waals surface area contributed by atoms with E-state index in [9.17, 15) is 9.18 Å². The number of benzene rings is 2. The van der Waals surface area contributed by atoms with Crippen molar-refractivity contribution in [3.05, 3.63) is 65.5 Å². The summed E-state index contributed by atoms with van der Waals surface area (Å²) in [4.78, 5) is 14.0. The molecule has 1 atom stereocenters. The molecule has 0 N–H and O–H groups in total. The average Bonchev–Trinajstić information content (AvgIpc) is 2.89. The van der Waals surface area contributed by atoms with Crippen molar-refractivity contribution in [3.8, 4) is 0 Å². The van der Waals surface area contributed by atoms with E-state index in [-0.39, 0.29) is 22.5 Å². The summed E-state index contributed by atoms with van der Waals surface area (Å²) in [5, 5.41) is -0.0537. The minimum absolute atomic E-state index is 0.0537. The largest absolute Gasteiger partial charge is 0.295 e. The van der Waals surface area contributed by atoms with Crippen LogP contribution >= 0.6 is 11.8 Å². The molecule has 0 aromatic heterocycles. The highest BCUT2D eigenvalue weighted by Crippen LogP contribution is 2.42. The molecule has 1 unspecified atom stereocenters. The number of hydrogen-bond donors (Lipinski definition) is 0. The molecule has 3 rings (SSSR count). The van der Waals surface area contributed by atoms with Gasteiger partial charge in [-0.05, 0) is 40.8 Å². The minimum atomic E-state index is -0.292. The van der Waals surface area contributed by atoms with Crippen molar-refractivity contribution < 1.29 is 9.18 Å². The lowest BCUT2D eigenvalue weighted by Gasteiger charge is -2.25. The summed E-state index contributed by atoms with van der Waals surface area (Å²) in [7, 11) is 0. The van der Waals surface area contributed by atoms with E-state index in [1.807, 2.05) is 0 Å². The predicted octanol–water partition coefficient (Wildman–Crippen LogP) is 4.90. The lowest BCUT2D eigenvalue weighted by Crippen LogP contribution is -2.27. The van der Waals surface area contributed by atoms with E-state index in [2.05, 4.69) is 45.0 Å². The third kappa shape index (κ3) is 3.27. The van der Waals surface area contributed by atoms with Crippen molar-refractivity contribution in [3.63, 3.8) is 0 Å². The lowest BCUT2D eigenvalue weighted by molar-refractivity contribution is -0.115. The van der Waals surface area contributed by atoms with E-state index < -0.39 is 0 Å². The van der Waals surface area contributed by atoms with E-state index in [4.69, 9.17) is 0 Å². The number of carbonyl (C=O) groups is 1. The van der Waals surface area contributed by atoms with Gasteiger partial charge in [0.1, 0.15) is 11.2 Å². The first-order valence-corrected chi connectivity index (χ1v) is 8.71. The first-order chi connectivity index (χ1) is 10.9. The molecular weight excluding hydrogens is 309 g/mol. The molecule has 0 aliphatic carbocycles. The number of amides is 1. The fourth-order valence-electron chi connectivity index (χ4n) is 2.70. The normalized spacial score (nSPS) is 18.5. The second kappa shape index (κ2) is 6.00. The van der Waals surface area contributed by atoms with Gasteiger partial charge >= 0.3 is 0 Å². The van der Waals surface area contributed by atoms with Crippen molar-refractivity contribution >= 4 is 23.4 Å². The summed E-state index contributed by atoms with van der Waals surface area (Å²) in [6, 6.07) is 14.5. The molecule has 2 aromatic carbocycles. The Balaban J connectivity index is 1.91. The molecule has 2 aromatic rings. The highest BCUT2D eigenvalue weighted by Gasteiger charge is 2.34. The Morgan fingerprint density at radius 2 is 1.65 bits per heavy atom. The van der Waals surface area contributed by atoms with Crippen LogP contribution in [0.25, 0.3) is 0 Å². The summed E-state index contributed by atoms with van der Waals surface area (Å²) in [5.74, 6) is 0.217. The van der Waals surface area contributed by atoms with Crippen LogP contribution in [0.15, 0.2) is 48.5 Å². The van der Waals surface area contributed by atoms with Crippen LogP contribution in [0.3, 0.4) is 0 Å². The standard InChI is InChI=1S/C19H20FNOS/c1-19(2,3)14-6-4-13(5-7-14)18-21(17(22)12-23-18)16-10-8-15(20)9-11-16/h4-11,18H,12H2,1-3H3. The number of carbonyl (C=O) groups excluding carboxylic acids is 1. The van der Waals surface area contributed by atoms with Crippen LogP contribution in [0.4, 0.5) is 10.1 Å². The first-order valence-electron chi connectivity index (χ1n) is 7.66. The molecule has 2 nitrogen and oxygen atoms in total. The Hall–Kier alpha value is -1.81. The molecule has 1 fully saturated rings. The average molecular weight is 329 g/mol. The monoisotopic (exact) mass is 329 g/mol. The number of anilines is 1. The van der Waals surface area contributed by atoms with E-state index in [1.54, 1.807) is 28.8 Å². The Bertz CT molecular complexity index is 704. The molecule has 1 aliphatic heterocycles. The molecule has 0 spiro atoms. The highest BCUT2D eigenvalue weighted by molar-refractivity contribution is 8.00. The Labute approximate surface area is 140 Å². The third-order valence-corrected chi connectivity index (χ3v) is 5.25. The number of halogens is 1. The van der Waals surface area contributed by atoms with Crippen LogP contribution in [0.1, 0.15) is 37.3 Å². The van der Waals surface area contributed by atoms with Crippen molar-refractivity contribution in [2.24, 2.45) is 0 Å². The molecular formula is C19H20FNOS. The van der Waals surface area contributed by atoms with E-state index in [0.29, 0.717) is 5.75 Å². The van der Waals surface area contributed by atoms with Gasteiger partial charge in [0.15, 0.2) is 0 Å². The zero-order chi connectivity index (χ0) is 16.6. The topological polar surface area (TPSA) is 20.3 Å². The summed E-state index contributed by atoms with van der Waals surface area (Å²) >= 11 is 1.61. The molecule has 1 saturated heterocycles. The second-order valence-corrected chi connectivity index (χ2v) is 7.84. The van der Waals surface area contributed by atoms with Crippen molar-refractivity contribution in [2.45, 2.75) is 31.6 Å². The van der Waals surface area contributed by atoms with E-state index in [1.165, 1.54) is 17.7 Å². The van der Waals surface area contributed by atoms with Crippen LogP contribution < -0.4 is 4.90 Å². The Morgan fingerprint density at radius 3 is 2.22 bits per heavy atom. The van der Waals surface area contributed by atoms with Gasteiger partial charge in [0.2, 0.25) is 5.91 Å². The van der Waals surface area contributed by atoms with Gasteiger partial charge in [-0.2, -0.15) is 0 Å². The number of thioether (sulfide) groups is 1. The number of hydrogen-bond acceptors (Lipinski definition) is 2. The zero-order valence-corrected chi connectivity index (χ0v) is 14.4. The van der Waals surface area contributed by atoms with Gasteiger partial charge in [-0.25, -0.2) is 4.39 Å². The van der Waals surface area contributed by atoms with Gasteiger partial charge in [0.05, 0.1) is 5.75 Å². The maximum absolute atomic E-state index is 13.1. The smallest absolute Gasteiger partial charge is 0.238 e. The predicted molar refractivity (Wildman–Crippen MR) is 94.2 cm³/mol. The van der Waals surface area contributed by atoms with Gasteiger partial charge in [0, 0.05) is 5.69 Å². The van der Waals surface area contributed by atoms with Gasteiger partial charge in [0.25, 0.3) is 0 Å². The highest BCUT2D eigenvalue weighted by atomic mass is 32.2. The Kier molecular flexibility index (Phi) is 4.19. The van der Waals surface area contributed by atoms with Crippen LogP contribution in [0.5, 0.6) is 0 Å². The van der Waals surface area contributed by atoms with Gasteiger partial charge in [-0.1, -0.05) is 45.0 Å². The van der Waals surface area contributed by atoms with Crippen LogP contribution in [0, 0.1) is 5.82 Å². The molecule has 1 heterocycles. The quantitative estimate of drug-likeness (QED) is 0.781. The second-order valence-electron chi connectivity index (χ2n) is 6.78. The third-order valence-electron chi connectivity index (χ3n) is 4.03. The molecule has 1 aliphatic rings. The molecule has 0 radical (unpaired) electrons. The fraction of sp³-hybridized carbons (Fsp3) is 0.316. The first kappa shape index (κ1) is 16.1. The SMILES string of the molecule is CC(C)(C)c1ccc(C2SCC(=O)N2c2ccc(F)cc2)cc1. The van der Waals surface area contributed by atoms with E-state index >= 15 is 0 Å². The van der Waals surface area contributed by atoms with Gasteiger partial charge in [-0.3, -0.25) is 9.69 Å². The van der Waals surface area contributed by atoms with Crippen molar-refractivity contribution in [1.29, 1.82) is 0 Å².